The molecule has 0 aliphatic rings. The Morgan fingerprint density at radius 1 is 1.08 bits per heavy atom. The van der Waals surface area contributed by atoms with Crippen LogP contribution in [0.25, 0.3) is 11.4 Å². The van der Waals surface area contributed by atoms with Crippen LogP contribution in [0.2, 0.25) is 0 Å². The van der Waals surface area contributed by atoms with E-state index in [2.05, 4.69) is 33.1 Å². The first kappa shape index (κ1) is 16.9. The predicted molar refractivity (Wildman–Crippen MR) is 100 cm³/mol. The second-order valence-corrected chi connectivity index (χ2v) is 6.99. The molecule has 0 N–H and O–H groups in total. The molecule has 0 unspecified atom stereocenters. The zero-order valence-electron chi connectivity index (χ0n) is 13.1. The SMILES string of the molecule is CCn1c(SCC(=O)c2ccc(Br)cc2)nnc1-c1ccccc1. The van der Waals surface area contributed by atoms with Crippen molar-refractivity contribution in [2.75, 3.05) is 5.75 Å². The summed E-state index contributed by atoms with van der Waals surface area (Å²) in [4.78, 5) is 12.3. The summed E-state index contributed by atoms with van der Waals surface area (Å²) < 4.78 is 3.00. The van der Waals surface area contributed by atoms with Crippen molar-refractivity contribution in [3.05, 3.63) is 64.6 Å². The van der Waals surface area contributed by atoms with Crippen molar-refractivity contribution >= 4 is 33.5 Å². The van der Waals surface area contributed by atoms with E-state index in [9.17, 15) is 4.79 Å². The molecule has 1 heterocycles. The number of Topliss-reactive ketones (excluding diaryl/α,β-unsaturated/α-hetero) is 1. The van der Waals surface area contributed by atoms with Crippen molar-refractivity contribution < 1.29 is 4.79 Å². The van der Waals surface area contributed by atoms with Crippen molar-refractivity contribution in [1.29, 1.82) is 0 Å². The molecule has 6 heteroatoms. The number of benzene rings is 2. The van der Waals surface area contributed by atoms with Gasteiger partial charge < -0.3 is 4.57 Å². The maximum absolute atomic E-state index is 12.3. The summed E-state index contributed by atoms with van der Waals surface area (Å²) in [7, 11) is 0. The van der Waals surface area contributed by atoms with Crippen LogP contribution in [0.1, 0.15) is 17.3 Å². The molecule has 3 aromatic rings. The fraction of sp³-hybridized carbons (Fsp3) is 0.167. The number of rotatable bonds is 6. The van der Waals surface area contributed by atoms with E-state index in [-0.39, 0.29) is 5.78 Å². The highest BCUT2D eigenvalue weighted by atomic mass is 79.9. The fourth-order valence-electron chi connectivity index (χ4n) is 2.33. The highest BCUT2D eigenvalue weighted by molar-refractivity contribution is 9.10. The number of ketones is 1. The van der Waals surface area contributed by atoms with Gasteiger partial charge in [-0.3, -0.25) is 4.79 Å². The number of thioether (sulfide) groups is 1. The second-order valence-electron chi connectivity index (χ2n) is 5.14. The third-order valence-corrected chi connectivity index (χ3v) is 5.06. The first-order chi connectivity index (χ1) is 11.7. The van der Waals surface area contributed by atoms with Gasteiger partial charge in [-0.1, -0.05) is 70.2 Å². The topological polar surface area (TPSA) is 47.8 Å². The summed E-state index contributed by atoms with van der Waals surface area (Å²) >= 11 is 4.80. The molecule has 0 aliphatic carbocycles. The lowest BCUT2D eigenvalue weighted by molar-refractivity contribution is 0.102. The van der Waals surface area contributed by atoms with Crippen LogP contribution in [0.5, 0.6) is 0 Å². The van der Waals surface area contributed by atoms with Crippen LogP contribution < -0.4 is 0 Å². The molecule has 122 valence electrons. The monoisotopic (exact) mass is 401 g/mol. The number of carbonyl (C=O) groups is 1. The number of hydrogen-bond donors (Lipinski definition) is 0. The molecule has 0 atom stereocenters. The Morgan fingerprint density at radius 3 is 2.46 bits per heavy atom. The molecule has 4 nitrogen and oxygen atoms in total. The Morgan fingerprint density at radius 2 is 1.79 bits per heavy atom. The fourth-order valence-corrected chi connectivity index (χ4v) is 3.49. The third kappa shape index (κ3) is 3.76. The van der Waals surface area contributed by atoms with E-state index in [4.69, 9.17) is 0 Å². The lowest BCUT2D eigenvalue weighted by Gasteiger charge is -2.07. The molecule has 1 aromatic heterocycles. The van der Waals surface area contributed by atoms with E-state index >= 15 is 0 Å². The molecule has 0 bridgehead atoms. The summed E-state index contributed by atoms with van der Waals surface area (Å²) in [5.41, 5.74) is 1.73. The van der Waals surface area contributed by atoms with Crippen LogP contribution in [0.3, 0.4) is 0 Å². The summed E-state index contributed by atoms with van der Waals surface area (Å²) in [6, 6.07) is 17.4. The highest BCUT2D eigenvalue weighted by Gasteiger charge is 2.15. The van der Waals surface area contributed by atoms with Gasteiger partial charge in [0.2, 0.25) is 0 Å². The van der Waals surface area contributed by atoms with E-state index in [0.717, 1.165) is 27.6 Å². The second kappa shape index (κ2) is 7.77. The molecule has 0 amide bonds. The lowest BCUT2D eigenvalue weighted by Crippen LogP contribution is -2.05. The molecule has 2 aromatic carbocycles. The minimum absolute atomic E-state index is 0.0828. The zero-order valence-corrected chi connectivity index (χ0v) is 15.5. The molecular formula is C18H16BrN3OS. The first-order valence-electron chi connectivity index (χ1n) is 7.59. The zero-order chi connectivity index (χ0) is 16.9. The summed E-state index contributed by atoms with van der Waals surface area (Å²) in [5, 5.41) is 9.32. The largest absolute Gasteiger partial charge is 0.302 e. The third-order valence-electron chi connectivity index (χ3n) is 3.56. The summed E-state index contributed by atoms with van der Waals surface area (Å²) in [5.74, 6) is 1.25. The van der Waals surface area contributed by atoms with E-state index in [1.165, 1.54) is 11.8 Å². The summed E-state index contributed by atoms with van der Waals surface area (Å²) in [6.07, 6.45) is 0. The van der Waals surface area contributed by atoms with Crippen molar-refractivity contribution in [2.24, 2.45) is 0 Å². The normalized spacial score (nSPS) is 10.8. The van der Waals surface area contributed by atoms with Gasteiger partial charge in [0.05, 0.1) is 5.75 Å². The average molecular weight is 402 g/mol. The van der Waals surface area contributed by atoms with Crippen molar-refractivity contribution in [3.63, 3.8) is 0 Å². The Kier molecular flexibility index (Phi) is 5.48. The van der Waals surface area contributed by atoms with Gasteiger partial charge in [0.15, 0.2) is 16.8 Å². The molecule has 3 rings (SSSR count). The van der Waals surface area contributed by atoms with E-state index in [0.29, 0.717) is 11.3 Å². The molecular weight excluding hydrogens is 386 g/mol. The number of nitrogens with zero attached hydrogens (tertiary/aromatic N) is 3. The maximum Gasteiger partial charge on any atom is 0.191 e. The number of carbonyl (C=O) groups excluding carboxylic acids is 1. The van der Waals surface area contributed by atoms with Gasteiger partial charge in [-0.25, -0.2) is 0 Å². The van der Waals surface area contributed by atoms with Crippen LogP contribution in [0.15, 0.2) is 64.2 Å². The summed E-state index contributed by atoms with van der Waals surface area (Å²) in [6.45, 7) is 2.81. The lowest BCUT2D eigenvalue weighted by atomic mass is 10.2. The van der Waals surface area contributed by atoms with Crippen LogP contribution in [-0.2, 0) is 6.54 Å². The minimum atomic E-state index is 0.0828. The van der Waals surface area contributed by atoms with Gasteiger partial charge >= 0.3 is 0 Å². The Labute approximate surface area is 153 Å². The smallest absolute Gasteiger partial charge is 0.191 e. The van der Waals surface area contributed by atoms with Crippen LogP contribution in [0.4, 0.5) is 0 Å². The molecule has 0 fully saturated rings. The van der Waals surface area contributed by atoms with Gasteiger partial charge in [-0.2, -0.15) is 0 Å². The Hall–Kier alpha value is -1.92. The minimum Gasteiger partial charge on any atom is -0.302 e. The number of hydrogen-bond acceptors (Lipinski definition) is 4. The Bertz CT molecular complexity index is 831. The van der Waals surface area contributed by atoms with E-state index in [1.54, 1.807) is 0 Å². The molecule has 0 aliphatic heterocycles. The Balaban J connectivity index is 1.75. The highest BCUT2D eigenvalue weighted by Crippen LogP contribution is 2.24. The molecule has 24 heavy (non-hydrogen) atoms. The van der Waals surface area contributed by atoms with Crippen molar-refractivity contribution in [2.45, 2.75) is 18.6 Å². The van der Waals surface area contributed by atoms with Crippen molar-refractivity contribution in [1.82, 2.24) is 14.8 Å². The van der Waals surface area contributed by atoms with Gasteiger partial charge in [0.1, 0.15) is 0 Å². The maximum atomic E-state index is 12.3. The molecule has 0 saturated carbocycles. The number of halogens is 1. The molecule has 0 spiro atoms. The quantitative estimate of drug-likeness (QED) is 0.443. The molecule has 0 saturated heterocycles. The van der Waals surface area contributed by atoms with Crippen LogP contribution in [-0.4, -0.2) is 26.3 Å². The molecule has 0 radical (unpaired) electrons. The van der Waals surface area contributed by atoms with Crippen LogP contribution >= 0.6 is 27.7 Å². The first-order valence-corrected chi connectivity index (χ1v) is 9.37. The van der Waals surface area contributed by atoms with E-state index in [1.807, 2.05) is 59.2 Å². The average Bonchev–Trinajstić information content (AvgIpc) is 3.04. The van der Waals surface area contributed by atoms with E-state index < -0.39 is 0 Å². The number of aromatic nitrogens is 3. The predicted octanol–water partition coefficient (Wildman–Crippen LogP) is 4.70. The van der Waals surface area contributed by atoms with Crippen molar-refractivity contribution in [3.8, 4) is 11.4 Å². The van der Waals surface area contributed by atoms with Gasteiger partial charge in [-0.15, -0.1) is 10.2 Å². The van der Waals surface area contributed by atoms with Crippen LogP contribution in [0, 0.1) is 0 Å². The van der Waals surface area contributed by atoms with Gasteiger partial charge in [0.25, 0.3) is 0 Å². The van der Waals surface area contributed by atoms with Gasteiger partial charge in [-0.05, 0) is 19.1 Å². The standard InChI is InChI=1S/C18H16BrN3OS/c1-2-22-17(14-6-4-3-5-7-14)20-21-18(22)24-12-16(23)13-8-10-15(19)11-9-13/h3-11H,2,12H2,1H3. The van der Waals surface area contributed by atoms with Gasteiger partial charge in [0, 0.05) is 22.1 Å².